The summed E-state index contributed by atoms with van der Waals surface area (Å²) < 4.78 is 48.8. The number of hydrogen-bond donors (Lipinski definition) is 1. The Bertz CT molecular complexity index is 1510. The lowest BCUT2D eigenvalue weighted by Crippen LogP contribution is -2.48. The van der Waals surface area contributed by atoms with E-state index in [1.807, 2.05) is 38.1 Å². The summed E-state index contributed by atoms with van der Waals surface area (Å²) in [5.41, 5.74) is 1.28. The molecule has 0 bridgehead atoms. The van der Waals surface area contributed by atoms with Gasteiger partial charge in [0.1, 0.15) is 16.8 Å². The second kappa shape index (κ2) is 9.75. The minimum atomic E-state index is -4.83. The summed E-state index contributed by atoms with van der Waals surface area (Å²) in [6.07, 6.45) is -5.01. The summed E-state index contributed by atoms with van der Waals surface area (Å²) in [6.45, 7) is 4.73. The Hall–Kier alpha value is -3.51. The topological polar surface area (TPSA) is 89.5 Å². The Labute approximate surface area is 213 Å². The van der Waals surface area contributed by atoms with Crippen molar-refractivity contribution in [1.29, 1.82) is 0 Å². The molecule has 1 fully saturated rings. The van der Waals surface area contributed by atoms with Crippen molar-refractivity contribution < 1.29 is 27.4 Å². The molecule has 1 saturated heterocycles. The summed E-state index contributed by atoms with van der Waals surface area (Å²) in [5, 5.41) is 0.995. The molecular formula is C25H23F3N4O4S. The molecule has 1 amide bonds. The zero-order valence-corrected chi connectivity index (χ0v) is 20.7. The maximum absolute atomic E-state index is 13.6. The Morgan fingerprint density at radius 2 is 1.81 bits per heavy atom. The van der Waals surface area contributed by atoms with Crippen LogP contribution >= 0.6 is 11.8 Å². The van der Waals surface area contributed by atoms with E-state index in [4.69, 9.17) is 9.72 Å². The van der Waals surface area contributed by atoms with Crippen LogP contribution in [0.2, 0.25) is 0 Å². The van der Waals surface area contributed by atoms with Crippen LogP contribution in [0.3, 0.4) is 0 Å². The van der Waals surface area contributed by atoms with Crippen molar-refractivity contribution in [3.8, 4) is 11.4 Å². The van der Waals surface area contributed by atoms with Crippen LogP contribution in [0.1, 0.15) is 13.8 Å². The number of para-hydroxylation sites is 1. The largest absolute Gasteiger partial charge is 0.573 e. The lowest BCUT2D eigenvalue weighted by atomic mass is 10.2. The van der Waals surface area contributed by atoms with Gasteiger partial charge in [-0.05, 0) is 44.2 Å². The van der Waals surface area contributed by atoms with E-state index in [0.717, 1.165) is 34.8 Å². The quantitative estimate of drug-likeness (QED) is 0.301. The lowest BCUT2D eigenvalue weighted by molar-refractivity contribution is -0.274. The van der Waals surface area contributed by atoms with Gasteiger partial charge in [0.15, 0.2) is 5.16 Å². The maximum atomic E-state index is 13.6. The first-order valence-electron chi connectivity index (χ1n) is 11.5. The molecule has 37 heavy (non-hydrogen) atoms. The van der Waals surface area contributed by atoms with Gasteiger partial charge in [-0.2, -0.15) is 0 Å². The van der Waals surface area contributed by atoms with Crippen molar-refractivity contribution >= 4 is 39.6 Å². The number of aromatic nitrogens is 3. The zero-order chi connectivity index (χ0) is 26.3. The van der Waals surface area contributed by atoms with Crippen molar-refractivity contribution in [2.45, 2.75) is 37.6 Å². The number of carbonyl (C=O) groups is 1. The number of fused-ring (bicyclic) bond motifs is 3. The number of nitrogens with one attached hydrogen (secondary N) is 1. The molecule has 2 aromatic carbocycles. The Morgan fingerprint density at radius 1 is 1.14 bits per heavy atom. The molecule has 12 heteroatoms. The van der Waals surface area contributed by atoms with E-state index >= 15 is 0 Å². The van der Waals surface area contributed by atoms with Crippen LogP contribution in [0.15, 0.2) is 58.5 Å². The van der Waals surface area contributed by atoms with E-state index < -0.39 is 17.7 Å². The number of aromatic amines is 1. The molecular weight excluding hydrogens is 509 g/mol. The molecule has 2 aromatic heterocycles. The first kappa shape index (κ1) is 25.2. The van der Waals surface area contributed by atoms with Crippen LogP contribution in [-0.4, -0.2) is 62.8 Å². The third kappa shape index (κ3) is 5.30. The molecule has 4 aromatic rings. The van der Waals surface area contributed by atoms with Crippen LogP contribution in [0.5, 0.6) is 5.75 Å². The Balaban J connectivity index is 1.54. The summed E-state index contributed by atoms with van der Waals surface area (Å²) in [7, 11) is 0. The SMILES string of the molecule is CC1CN(C(=O)CSc2nc3c([nH]c4ccccc43)c(=O)n2-c2ccc(OC(F)(F)F)cc2)CC(C)O1. The molecule has 1 aliphatic heterocycles. The fraction of sp³-hybridized carbons (Fsp3) is 0.320. The van der Waals surface area contributed by atoms with E-state index in [9.17, 15) is 22.8 Å². The highest BCUT2D eigenvalue weighted by Crippen LogP contribution is 2.28. The number of nitrogens with zero attached hydrogens (tertiary/aromatic N) is 3. The number of carbonyl (C=O) groups excluding carboxylic acids is 1. The van der Waals surface area contributed by atoms with Crippen LogP contribution in [0.4, 0.5) is 13.2 Å². The molecule has 3 heterocycles. The number of benzene rings is 2. The van der Waals surface area contributed by atoms with Gasteiger partial charge in [-0.1, -0.05) is 30.0 Å². The fourth-order valence-corrected chi connectivity index (χ4v) is 5.37. The minimum absolute atomic E-state index is 0.0228. The van der Waals surface area contributed by atoms with E-state index in [1.165, 1.54) is 16.7 Å². The molecule has 194 valence electrons. The second-order valence-electron chi connectivity index (χ2n) is 8.82. The normalized spacial score (nSPS) is 18.5. The van der Waals surface area contributed by atoms with Crippen molar-refractivity contribution in [3.05, 3.63) is 58.9 Å². The highest BCUT2D eigenvalue weighted by atomic mass is 32.2. The van der Waals surface area contributed by atoms with Crippen LogP contribution in [-0.2, 0) is 9.53 Å². The summed E-state index contributed by atoms with van der Waals surface area (Å²) in [5.74, 6) is -0.515. The van der Waals surface area contributed by atoms with E-state index in [-0.39, 0.29) is 40.2 Å². The first-order valence-corrected chi connectivity index (χ1v) is 12.5. The molecule has 1 N–H and O–H groups in total. The molecule has 5 rings (SSSR count). The van der Waals surface area contributed by atoms with Crippen molar-refractivity contribution in [2.75, 3.05) is 18.8 Å². The minimum Gasteiger partial charge on any atom is -0.406 e. The summed E-state index contributed by atoms with van der Waals surface area (Å²) >= 11 is 1.10. The molecule has 0 aliphatic carbocycles. The van der Waals surface area contributed by atoms with Crippen molar-refractivity contribution in [1.82, 2.24) is 19.4 Å². The smallest absolute Gasteiger partial charge is 0.406 e. The summed E-state index contributed by atoms with van der Waals surface area (Å²) in [4.78, 5) is 36.2. The van der Waals surface area contributed by atoms with Gasteiger partial charge >= 0.3 is 6.36 Å². The predicted molar refractivity (Wildman–Crippen MR) is 133 cm³/mol. The van der Waals surface area contributed by atoms with Gasteiger partial charge in [0, 0.05) is 24.0 Å². The number of morpholine rings is 1. The van der Waals surface area contributed by atoms with Gasteiger partial charge in [0.05, 0.1) is 23.6 Å². The van der Waals surface area contributed by atoms with Gasteiger partial charge in [0.2, 0.25) is 5.91 Å². The Kier molecular flexibility index (Phi) is 6.63. The molecule has 0 saturated carbocycles. The predicted octanol–water partition coefficient (Wildman–Crippen LogP) is 4.49. The second-order valence-corrected chi connectivity index (χ2v) is 9.76. The molecule has 0 radical (unpaired) electrons. The first-order chi connectivity index (χ1) is 17.6. The van der Waals surface area contributed by atoms with Crippen LogP contribution in [0, 0.1) is 0 Å². The van der Waals surface area contributed by atoms with Gasteiger partial charge in [-0.15, -0.1) is 13.2 Å². The highest BCUT2D eigenvalue weighted by Gasteiger charge is 2.31. The molecule has 8 nitrogen and oxygen atoms in total. The summed E-state index contributed by atoms with van der Waals surface area (Å²) in [6, 6.07) is 12.3. The number of amides is 1. The van der Waals surface area contributed by atoms with Gasteiger partial charge < -0.3 is 19.4 Å². The lowest BCUT2D eigenvalue weighted by Gasteiger charge is -2.35. The number of ether oxygens (including phenoxy) is 2. The number of halogens is 3. The maximum Gasteiger partial charge on any atom is 0.573 e. The fourth-order valence-electron chi connectivity index (χ4n) is 4.46. The number of alkyl halides is 3. The van der Waals surface area contributed by atoms with Gasteiger partial charge in [0.25, 0.3) is 5.56 Å². The van der Waals surface area contributed by atoms with E-state index in [2.05, 4.69) is 9.72 Å². The van der Waals surface area contributed by atoms with Crippen molar-refractivity contribution in [2.24, 2.45) is 0 Å². The average Bonchev–Trinajstić information content (AvgIpc) is 3.21. The van der Waals surface area contributed by atoms with E-state index in [1.54, 1.807) is 4.90 Å². The third-order valence-corrected chi connectivity index (χ3v) is 6.84. The van der Waals surface area contributed by atoms with E-state index in [0.29, 0.717) is 18.6 Å². The number of rotatable bonds is 5. The van der Waals surface area contributed by atoms with Crippen LogP contribution in [0.25, 0.3) is 27.6 Å². The third-order valence-electron chi connectivity index (χ3n) is 5.92. The molecule has 2 atom stereocenters. The van der Waals surface area contributed by atoms with Crippen molar-refractivity contribution in [3.63, 3.8) is 0 Å². The standard InChI is InChI=1S/C25H23F3N4O4S/c1-14-11-31(12-15(2)35-14)20(33)13-37-24-30-21-18-5-3-4-6-19(18)29-22(21)23(34)32(24)16-7-9-17(10-8-16)36-25(26,27)28/h3-10,14-15,29H,11-13H2,1-2H3. The highest BCUT2D eigenvalue weighted by molar-refractivity contribution is 7.99. The molecule has 2 unspecified atom stereocenters. The Morgan fingerprint density at radius 3 is 2.49 bits per heavy atom. The number of thioether (sulfide) groups is 1. The number of H-pyrrole nitrogens is 1. The molecule has 1 aliphatic rings. The zero-order valence-electron chi connectivity index (χ0n) is 19.9. The molecule has 0 spiro atoms. The monoisotopic (exact) mass is 532 g/mol. The van der Waals surface area contributed by atoms with Crippen LogP contribution < -0.4 is 10.3 Å². The average molecular weight is 533 g/mol. The van der Waals surface area contributed by atoms with Gasteiger partial charge in [-0.3, -0.25) is 14.2 Å². The number of hydrogen-bond acceptors (Lipinski definition) is 6. The van der Waals surface area contributed by atoms with Gasteiger partial charge in [-0.25, -0.2) is 4.98 Å².